The van der Waals surface area contributed by atoms with Crippen LogP contribution in [-0.4, -0.2) is 24.8 Å². The minimum atomic E-state index is -0.455. The first-order valence-electron chi connectivity index (χ1n) is 10.3. The molecule has 0 aliphatic carbocycles. The molecule has 32 heavy (non-hydrogen) atoms. The summed E-state index contributed by atoms with van der Waals surface area (Å²) in [5.74, 6) is 0.336. The summed E-state index contributed by atoms with van der Waals surface area (Å²) < 4.78 is 11.3. The molecule has 0 heterocycles. The number of fused-ring (bicyclic) bond motifs is 1. The Morgan fingerprint density at radius 3 is 2.03 bits per heavy atom. The smallest absolute Gasteiger partial charge is 0.343 e. The molecule has 0 aromatic heterocycles. The van der Waals surface area contributed by atoms with E-state index in [2.05, 4.69) is 34.1 Å². The third-order valence-electron chi connectivity index (χ3n) is 5.34. The lowest BCUT2D eigenvalue weighted by molar-refractivity contribution is -0.142. The van der Waals surface area contributed by atoms with Crippen LogP contribution in [-0.2, 0) is 22.4 Å². The molecule has 0 fully saturated rings. The average Bonchev–Trinajstić information content (AvgIpc) is 2.81. The first kappa shape index (κ1) is 21.9. The highest BCUT2D eigenvalue weighted by Crippen LogP contribution is 2.40. The quantitative estimate of drug-likeness (QED) is 0.320. The van der Waals surface area contributed by atoms with Gasteiger partial charge in [-0.25, -0.2) is 4.79 Å². The van der Waals surface area contributed by atoms with Crippen LogP contribution in [0.3, 0.4) is 0 Å². The van der Waals surface area contributed by atoms with Gasteiger partial charge in [0, 0.05) is 23.8 Å². The molecule has 0 atom stereocenters. The Morgan fingerprint density at radius 2 is 1.44 bits per heavy atom. The van der Waals surface area contributed by atoms with E-state index in [0.717, 1.165) is 33.0 Å². The number of halogens is 1. The van der Waals surface area contributed by atoms with E-state index in [1.807, 2.05) is 54.6 Å². The normalized spacial score (nSPS) is 10.8. The minimum absolute atomic E-state index is 0.194. The van der Waals surface area contributed by atoms with Crippen molar-refractivity contribution in [2.75, 3.05) is 13.7 Å². The van der Waals surface area contributed by atoms with Gasteiger partial charge in [-0.05, 0) is 56.2 Å². The Labute approximate surface area is 195 Å². The zero-order valence-electron chi connectivity index (χ0n) is 17.7. The lowest BCUT2D eigenvalue weighted by atomic mass is 9.96. The molecule has 4 aromatic rings. The Morgan fingerprint density at radius 1 is 0.875 bits per heavy atom. The summed E-state index contributed by atoms with van der Waals surface area (Å²) in [6.45, 7) is -0.194. The van der Waals surface area contributed by atoms with Gasteiger partial charge in [-0.1, -0.05) is 60.7 Å². The van der Waals surface area contributed by atoms with E-state index in [0.29, 0.717) is 23.1 Å². The molecular weight excluding hydrogens is 468 g/mol. The van der Waals surface area contributed by atoms with Crippen molar-refractivity contribution in [3.63, 3.8) is 0 Å². The molecule has 0 saturated carbocycles. The van der Waals surface area contributed by atoms with E-state index < -0.39 is 5.97 Å². The zero-order chi connectivity index (χ0) is 22.5. The van der Waals surface area contributed by atoms with E-state index in [1.165, 1.54) is 7.11 Å². The summed E-state index contributed by atoms with van der Waals surface area (Å²) in [4.78, 5) is 11.7. The standard InChI is InChI=1S/C27H23BrO4/c1-31-25(30)17-32-27-22(13-19-10-6-3-7-11-19)15-20-14-21(12-18-8-4-2-5-9-18)24(29)16-23(20)26(27)28/h2-11,14-16,29H,12-13,17H2,1H3. The van der Waals surface area contributed by atoms with Gasteiger partial charge in [-0.3, -0.25) is 0 Å². The Hall–Kier alpha value is -3.31. The Kier molecular flexibility index (Phi) is 6.76. The van der Waals surface area contributed by atoms with Crippen molar-refractivity contribution in [2.24, 2.45) is 0 Å². The van der Waals surface area contributed by atoms with Crippen LogP contribution in [0.15, 0.2) is 83.3 Å². The molecule has 0 aliphatic rings. The molecule has 0 bridgehead atoms. The highest BCUT2D eigenvalue weighted by molar-refractivity contribution is 9.10. The molecule has 5 heteroatoms. The summed E-state index contributed by atoms with van der Waals surface area (Å²) in [7, 11) is 1.33. The number of hydrogen-bond acceptors (Lipinski definition) is 4. The fraction of sp³-hybridized carbons (Fsp3) is 0.148. The lowest BCUT2D eigenvalue weighted by Gasteiger charge is -2.17. The molecule has 0 aliphatic heterocycles. The third-order valence-corrected chi connectivity index (χ3v) is 6.13. The summed E-state index contributed by atoms with van der Waals surface area (Å²) in [5.41, 5.74) is 4.05. The van der Waals surface area contributed by atoms with Crippen LogP contribution in [0, 0.1) is 0 Å². The highest BCUT2D eigenvalue weighted by atomic mass is 79.9. The number of methoxy groups -OCH3 is 1. The predicted molar refractivity (Wildman–Crippen MR) is 129 cm³/mol. The van der Waals surface area contributed by atoms with Crippen LogP contribution in [0.25, 0.3) is 10.8 Å². The Bertz CT molecular complexity index is 1240. The second kappa shape index (κ2) is 9.88. The molecule has 4 rings (SSSR count). The highest BCUT2D eigenvalue weighted by Gasteiger charge is 2.17. The molecule has 0 radical (unpaired) electrons. The van der Waals surface area contributed by atoms with Gasteiger partial charge in [0.1, 0.15) is 11.5 Å². The lowest BCUT2D eigenvalue weighted by Crippen LogP contribution is -2.14. The average molecular weight is 491 g/mol. The SMILES string of the molecule is COC(=O)COc1c(Cc2ccccc2)cc2cc(Cc3ccccc3)c(O)cc2c1Br. The molecule has 1 N–H and O–H groups in total. The number of phenols is 1. The minimum Gasteiger partial charge on any atom is -0.508 e. The summed E-state index contributed by atoms with van der Waals surface area (Å²) in [6.07, 6.45) is 1.27. The van der Waals surface area contributed by atoms with E-state index >= 15 is 0 Å². The number of hydrogen-bond donors (Lipinski definition) is 1. The van der Waals surface area contributed by atoms with Gasteiger partial charge < -0.3 is 14.6 Å². The number of benzene rings is 4. The summed E-state index contributed by atoms with van der Waals surface area (Å²) in [5, 5.41) is 12.5. The second-order valence-corrected chi connectivity index (χ2v) is 8.36. The van der Waals surface area contributed by atoms with Crippen LogP contribution in [0.4, 0.5) is 0 Å². The van der Waals surface area contributed by atoms with Crippen molar-refractivity contribution in [3.05, 3.63) is 106 Å². The van der Waals surface area contributed by atoms with E-state index in [1.54, 1.807) is 6.07 Å². The van der Waals surface area contributed by atoms with E-state index in [9.17, 15) is 9.90 Å². The Balaban J connectivity index is 1.79. The number of carbonyl (C=O) groups is 1. The fourth-order valence-corrected chi connectivity index (χ4v) is 4.44. The van der Waals surface area contributed by atoms with Crippen molar-refractivity contribution in [2.45, 2.75) is 12.8 Å². The zero-order valence-corrected chi connectivity index (χ0v) is 19.3. The van der Waals surface area contributed by atoms with E-state index in [-0.39, 0.29) is 12.4 Å². The van der Waals surface area contributed by atoms with E-state index in [4.69, 9.17) is 9.47 Å². The largest absolute Gasteiger partial charge is 0.508 e. The van der Waals surface area contributed by atoms with Crippen molar-refractivity contribution in [3.8, 4) is 11.5 Å². The summed E-state index contributed by atoms with van der Waals surface area (Å²) in [6, 6.07) is 26.0. The van der Waals surface area contributed by atoms with Gasteiger partial charge in [0.25, 0.3) is 0 Å². The van der Waals surface area contributed by atoms with Crippen molar-refractivity contribution >= 4 is 32.7 Å². The molecule has 162 valence electrons. The van der Waals surface area contributed by atoms with Gasteiger partial charge in [0.15, 0.2) is 6.61 Å². The molecule has 0 amide bonds. The van der Waals surface area contributed by atoms with Gasteiger partial charge in [-0.15, -0.1) is 0 Å². The van der Waals surface area contributed by atoms with Crippen LogP contribution in [0.1, 0.15) is 22.3 Å². The van der Waals surface area contributed by atoms with Crippen molar-refractivity contribution in [1.82, 2.24) is 0 Å². The van der Waals surface area contributed by atoms with Gasteiger partial charge in [-0.2, -0.15) is 0 Å². The van der Waals surface area contributed by atoms with Gasteiger partial charge in [0.05, 0.1) is 11.6 Å². The fourth-order valence-electron chi connectivity index (χ4n) is 3.73. The van der Waals surface area contributed by atoms with Crippen LogP contribution in [0.2, 0.25) is 0 Å². The number of phenolic OH excluding ortho intramolecular Hbond substituents is 1. The van der Waals surface area contributed by atoms with Gasteiger partial charge >= 0.3 is 5.97 Å². The first-order chi connectivity index (χ1) is 15.5. The number of esters is 1. The maximum absolute atomic E-state index is 11.7. The molecule has 4 nitrogen and oxygen atoms in total. The van der Waals surface area contributed by atoms with Crippen LogP contribution >= 0.6 is 15.9 Å². The molecule has 4 aromatic carbocycles. The van der Waals surface area contributed by atoms with Crippen LogP contribution in [0.5, 0.6) is 11.5 Å². The van der Waals surface area contributed by atoms with Crippen LogP contribution < -0.4 is 4.74 Å². The molecule has 0 spiro atoms. The van der Waals surface area contributed by atoms with Crippen molar-refractivity contribution < 1.29 is 19.4 Å². The molecule has 0 unspecified atom stereocenters. The predicted octanol–water partition coefficient (Wildman–Crippen LogP) is 6.04. The number of ether oxygens (including phenoxy) is 2. The third kappa shape index (κ3) is 4.94. The topological polar surface area (TPSA) is 55.8 Å². The number of rotatable bonds is 7. The number of carbonyl (C=O) groups excluding carboxylic acids is 1. The monoisotopic (exact) mass is 490 g/mol. The maximum Gasteiger partial charge on any atom is 0.343 e. The van der Waals surface area contributed by atoms with Gasteiger partial charge in [0.2, 0.25) is 0 Å². The molecule has 0 saturated heterocycles. The first-order valence-corrected chi connectivity index (χ1v) is 11.1. The molecular formula is C27H23BrO4. The second-order valence-electron chi connectivity index (χ2n) is 7.57. The summed E-state index contributed by atoms with van der Waals surface area (Å²) >= 11 is 3.66. The maximum atomic E-state index is 11.7. The van der Waals surface area contributed by atoms with Crippen molar-refractivity contribution in [1.29, 1.82) is 0 Å². The number of aromatic hydroxyl groups is 1.